The first kappa shape index (κ1) is 18.3. The van der Waals surface area contributed by atoms with Gasteiger partial charge in [0.1, 0.15) is 10.8 Å². The standard InChI is InChI=1S/C18H16Cl2O4/c1-12-6-2-3-8-14(12)23-16(21)10-5-11-17(22)24-15-9-4-7-13(19)18(15)20/h2-4,6-9H,5,10-11H2,1H3. The van der Waals surface area contributed by atoms with Crippen LogP contribution in [0.2, 0.25) is 10.0 Å². The molecule has 0 aliphatic carbocycles. The van der Waals surface area contributed by atoms with E-state index in [2.05, 4.69) is 0 Å². The number of hydrogen-bond donors (Lipinski definition) is 0. The Hall–Kier alpha value is -2.04. The Morgan fingerprint density at radius 1 is 0.875 bits per heavy atom. The quantitative estimate of drug-likeness (QED) is 0.534. The molecule has 6 heteroatoms. The van der Waals surface area contributed by atoms with E-state index in [4.69, 9.17) is 32.7 Å². The van der Waals surface area contributed by atoms with Crippen molar-refractivity contribution in [3.63, 3.8) is 0 Å². The monoisotopic (exact) mass is 366 g/mol. The summed E-state index contributed by atoms with van der Waals surface area (Å²) in [4.78, 5) is 23.6. The average Bonchev–Trinajstić information content (AvgIpc) is 2.54. The maximum Gasteiger partial charge on any atom is 0.311 e. The number of ether oxygens (including phenoxy) is 2. The van der Waals surface area contributed by atoms with E-state index in [0.29, 0.717) is 17.2 Å². The summed E-state index contributed by atoms with van der Waals surface area (Å²) in [5.41, 5.74) is 0.876. The molecule has 0 heterocycles. The Labute approximate surface area is 150 Å². The second-order valence-electron chi connectivity index (χ2n) is 5.12. The molecule has 0 saturated carbocycles. The van der Waals surface area contributed by atoms with Gasteiger partial charge in [0.2, 0.25) is 0 Å². The molecular weight excluding hydrogens is 351 g/mol. The fraction of sp³-hybridized carbons (Fsp3) is 0.222. The molecule has 24 heavy (non-hydrogen) atoms. The molecule has 0 aliphatic rings. The Kier molecular flexibility index (Phi) is 6.64. The first-order valence-corrected chi connectivity index (χ1v) is 8.14. The van der Waals surface area contributed by atoms with Gasteiger partial charge in [-0.25, -0.2) is 0 Å². The Morgan fingerprint density at radius 2 is 1.46 bits per heavy atom. The normalized spacial score (nSPS) is 10.3. The summed E-state index contributed by atoms with van der Waals surface area (Å²) >= 11 is 11.8. The smallest absolute Gasteiger partial charge is 0.311 e. The van der Waals surface area contributed by atoms with Crippen LogP contribution in [0, 0.1) is 6.92 Å². The first-order valence-electron chi connectivity index (χ1n) is 7.38. The number of carbonyl (C=O) groups is 2. The predicted molar refractivity (Wildman–Crippen MR) is 92.8 cm³/mol. The van der Waals surface area contributed by atoms with Crippen LogP contribution in [-0.4, -0.2) is 11.9 Å². The van der Waals surface area contributed by atoms with Crippen LogP contribution in [0.4, 0.5) is 0 Å². The molecule has 0 N–H and O–H groups in total. The van der Waals surface area contributed by atoms with Gasteiger partial charge in [-0.1, -0.05) is 47.5 Å². The van der Waals surface area contributed by atoms with Crippen molar-refractivity contribution in [2.75, 3.05) is 0 Å². The molecule has 0 aromatic heterocycles. The molecule has 2 rings (SSSR count). The molecule has 0 saturated heterocycles. The van der Waals surface area contributed by atoms with Crippen LogP contribution < -0.4 is 9.47 Å². The van der Waals surface area contributed by atoms with Gasteiger partial charge in [0.25, 0.3) is 0 Å². The van der Waals surface area contributed by atoms with Crippen molar-refractivity contribution < 1.29 is 19.1 Å². The van der Waals surface area contributed by atoms with E-state index < -0.39 is 11.9 Å². The van der Waals surface area contributed by atoms with Crippen molar-refractivity contribution >= 4 is 35.1 Å². The minimum atomic E-state index is -0.483. The molecule has 0 atom stereocenters. The van der Waals surface area contributed by atoms with Gasteiger partial charge in [-0.05, 0) is 37.1 Å². The van der Waals surface area contributed by atoms with Gasteiger partial charge in [-0.3, -0.25) is 9.59 Å². The van der Waals surface area contributed by atoms with Crippen LogP contribution in [-0.2, 0) is 9.59 Å². The first-order chi connectivity index (χ1) is 11.5. The summed E-state index contributed by atoms with van der Waals surface area (Å²) in [5, 5.41) is 0.496. The summed E-state index contributed by atoms with van der Waals surface area (Å²) in [7, 11) is 0. The number of aryl methyl sites for hydroxylation is 1. The lowest BCUT2D eigenvalue weighted by Crippen LogP contribution is -2.12. The SMILES string of the molecule is Cc1ccccc1OC(=O)CCCC(=O)Oc1cccc(Cl)c1Cl. The Bertz CT molecular complexity index is 744. The molecule has 126 valence electrons. The van der Waals surface area contributed by atoms with Gasteiger partial charge in [0.05, 0.1) is 5.02 Å². The van der Waals surface area contributed by atoms with Crippen molar-refractivity contribution in [3.05, 3.63) is 58.1 Å². The molecular formula is C18H16Cl2O4. The third-order valence-corrected chi connectivity index (χ3v) is 4.02. The molecule has 0 bridgehead atoms. The molecule has 0 spiro atoms. The molecule has 2 aromatic rings. The van der Waals surface area contributed by atoms with Crippen LogP contribution in [0.25, 0.3) is 0 Å². The number of halogens is 2. The van der Waals surface area contributed by atoms with Gasteiger partial charge in [-0.2, -0.15) is 0 Å². The molecule has 4 nitrogen and oxygen atoms in total. The van der Waals surface area contributed by atoms with Crippen molar-refractivity contribution in [2.24, 2.45) is 0 Å². The molecule has 2 aromatic carbocycles. The average molecular weight is 367 g/mol. The molecule has 0 amide bonds. The molecule has 0 fully saturated rings. The van der Waals surface area contributed by atoms with Crippen LogP contribution in [0.15, 0.2) is 42.5 Å². The van der Waals surface area contributed by atoms with Crippen LogP contribution >= 0.6 is 23.2 Å². The maximum absolute atomic E-state index is 11.8. The van der Waals surface area contributed by atoms with Crippen LogP contribution in [0.1, 0.15) is 24.8 Å². The van der Waals surface area contributed by atoms with Gasteiger partial charge < -0.3 is 9.47 Å². The summed E-state index contributed by atoms with van der Waals surface area (Å²) in [5.74, 6) is -0.145. The van der Waals surface area contributed by atoms with Crippen LogP contribution in [0.5, 0.6) is 11.5 Å². The highest BCUT2D eigenvalue weighted by atomic mass is 35.5. The zero-order valence-electron chi connectivity index (χ0n) is 13.1. The fourth-order valence-electron chi connectivity index (χ4n) is 1.96. The summed E-state index contributed by atoms with van der Waals surface area (Å²) in [6.07, 6.45) is 0.514. The third-order valence-electron chi connectivity index (χ3n) is 3.22. The van der Waals surface area contributed by atoms with E-state index in [-0.39, 0.29) is 23.6 Å². The van der Waals surface area contributed by atoms with Crippen molar-refractivity contribution in [2.45, 2.75) is 26.2 Å². The minimum absolute atomic E-state index is 0.0751. The van der Waals surface area contributed by atoms with E-state index >= 15 is 0 Å². The van der Waals surface area contributed by atoms with Crippen molar-refractivity contribution in [3.8, 4) is 11.5 Å². The van der Waals surface area contributed by atoms with E-state index in [1.54, 1.807) is 30.3 Å². The lowest BCUT2D eigenvalue weighted by atomic mass is 10.2. The van der Waals surface area contributed by atoms with Crippen molar-refractivity contribution in [1.29, 1.82) is 0 Å². The number of esters is 2. The number of rotatable bonds is 6. The number of carbonyl (C=O) groups excluding carboxylic acids is 2. The van der Waals surface area contributed by atoms with Gasteiger partial charge in [0, 0.05) is 12.8 Å². The van der Waals surface area contributed by atoms with E-state index in [9.17, 15) is 9.59 Å². The number of hydrogen-bond acceptors (Lipinski definition) is 4. The second kappa shape index (κ2) is 8.71. The molecule has 0 aliphatic heterocycles. The van der Waals surface area contributed by atoms with Gasteiger partial charge in [-0.15, -0.1) is 0 Å². The predicted octanol–water partition coefficient (Wildman–Crippen LogP) is 4.98. The lowest BCUT2D eigenvalue weighted by Gasteiger charge is -2.08. The zero-order chi connectivity index (χ0) is 17.5. The number of para-hydroxylation sites is 1. The highest BCUT2D eigenvalue weighted by molar-refractivity contribution is 6.43. The van der Waals surface area contributed by atoms with E-state index in [0.717, 1.165) is 5.56 Å². The summed E-state index contributed by atoms with van der Waals surface area (Å²) < 4.78 is 10.4. The zero-order valence-corrected chi connectivity index (χ0v) is 14.6. The largest absolute Gasteiger partial charge is 0.426 e. The van der Waals surface area contributed by atoms with E-state index in [1.165, 1.54) is 0 Å². The molecule has 0 radical (unpaired) electrons. The highest BCUT2D eigenvalue weighted by Crippen LogP contribution is 2.31. The Balaban J connectivity index is 1.77. The van der Waals surface area contributed by atoms with E-state index in [1.807, 2.05) is 19.1 Å². The molecule has 0 unspecified atom stereocenters. The van der Waals surface area contributed by atoms with Crippen molar-refractivity contribution in [1.82, 2.24) is 0 Å². The third kappa shape index (κ3) is 5.25. The number of benzene rings is 2. The summed E-state index contributed by atoms with van der Waals surface area (Å²) in [6, 6.07) is 12.0. The van der Waals surface area contributed by atoms with Gasteiger partial charge >= 0.3 is 11.9 Å². The van der Waals surface area contributed by atoms with Gasteiger partial charge in [0.15, 0.2) is 5.75 Å². The fourth-order valence-corrected chi connectivity index (χ4v) is 2.29. The topological polar surface area (TPSA) is 52.6 Å². The lowest BCUT2D eigenvalue weighted by molar-refractivity contribution is -0.136. The minimum Gasteiger partial charge on any atom is -0.426 e. The highest BCUT2D eigenvalue weighted by Gasteiger charge is 2.12. The maximum atomic E-state index is 11.8. The Morgan fingerprint density at radius 3 is 2.12 bits per heavy atom. The second-order valence-corrected chi connectivity index (χ2v) is 5.90. The van der Waals surface area contributed by atoms with Crippen LogP contribution in [0.3, 0.4) is 0 Å². The summed E-state index contributed by atoms with van der Waals surface area (Å²) in [6.45, 7) is 1.86.